The second kappa shape index (κ2) is 5.52. The molecule has 110 valence electrons. The number of esters is 1. The number of methoxy groups -OCH3 is 1. The molecule has 1 heterocycles. The van der Waals surface area contributed by atoms with Crippen LogP contribution in [0.3, 0.4) is 0 Å². The number of carbonyl (C=O) groups excluding carboxylic acids is 1. The summed E-state index contributed by atoms with van der Waals surface area (Å²) < 4.78 is 32.8. The van der Waals surface area contributed by atoms with Crippen LogP contribution < -0.4 is 0 Å². The summed E-state index contributed by atoms with van der Waals surface area (Å²) in [5.41, 5.74) is 0.371. The smallest absolute Gasteiger partial charge is 0.340 e. The first kappa shape index (κ1) is 14.1. The first-order valence-electron chi connectivity index (χ1n) is 6.54. The van der Waals surface area contributed by atoms with Crippen LogP contribution in [0.5, 0.6) is 0 Å². The molecule has 0 spiro atoms. The standard InChI is InChI=1S/C17H11F2NO2/c1-22-17(21)12-8-6-10-7-9-14(20-16(10)15(12)19)11-4-2-3-5-13(11)18/h2-9H,1H3. The van der Waals surface area contributed by atoms with Gasteiger partial charge in [-0.15, -0.1) is 0 Å². The number of ether oxygens (including phenoxy) is 1. The minimum absolute atomic E-state index is 0.00338. The van der Waals surface area contributed by atoms with Gasteiger partial charge in [0, 0.05) is 10.9 Å². The summed E-state index contributed by atoms with van der Waals surface area (Å²) in [6.45, 7) is 0. The van der Waals surface area contributed by atoms with Crippen LogP contribution in [0.15, 0.2) is 48.5 Å². The quantitative estimate of drug-likeness (QED) is 0.672. The Bertz CT molecular complexity index is 878. The molecule has 0 saturated heterocycles. The van der Waals surface area contributed by atoms with Crippen molar-refractivity contribution in [3.8, 4) is 11.3 Å². The van der Waals surface area contributed by atoms with E-state index in [-0.39, 0.29) is 16.6 Å². The van der Waals surface area contributed by atoms with Gasteiger partial charge in [0.1, 0.15) is 11.3 Å². The Morgan fingerprint density at radius 3 is 2.50 bits per heavy atom. The molecule has 22 heavy (non-hydrogen) atoms. The third-order valence-electron chi connectivity index (χ3n) is 3.36. The summed E-state index contributed by atoms with van der Waals surface area (Å²) in [4.78, 5) is 15.7. The number of fused-ring (bicyclic) bond motifs is 1. The lowest BCUT2D eigenvalue weighted by Gasteiger charge is -2.07. The second-order valence-electron chi connectivity index (χ2n) is 4.67. The summed E-state index contributed by atoms with van der Waals surface area (Å²) in [5, 5.41) is 0.519. The van der Waals surface area contributed by atoms with Crippen molar-refractivity contribution < 1.29 is 18.3 Å². The maximum Gasteiger partial charge on any atom is 0.340 e. The number of hydrogen-bond donors (Lipinski definition) is 0. The van der Waals surface area contributed by atoms with Crippen LogP contribution in [-0.4, -0.2) is 18.1 Å². The van der Waals surface area contributed by atoms with Crippen molar-refractivity contribution in [1.29, 1.82) is 0 Å². The van der Waals surface area contributed by atoms with E-state index < -0.39 is 17.6 Å². The molecule has 0 saturated carbocycles. The monoisotopic (exact) mass is 299 g/mol. The minimum atomic E-state index is -0.780. The van der Waals surface area contributed by atoms with Crippen molar-refractivity contribution in [2.75, 3.05) is 7.11 Å². The zero-order valence-corrected chi connectivity index (χ0v) is 11.6. The lowest BCUT2D eigenvalue weighted by atomic mass is 10.1. The molecular formula is C17H11F2NO2. The molecule has 0 amide bonds. The number of nitrogens with zero attached hydrogens (tertiary/aromatic N) is 1. The molecule has 0 radical (unpaired) electrons. The maximum absolute atomic E-state index is 14.4. The number of rotatable bonds is 2. The molecule has 3 rings (SSSR count). The summed E-state index contributed by atoms with van der Waals surface area (Å²) in [5.74, 6) is -2.00. The Labute approximate surface area is 125 Å². The number of carbonyl (C=O) groups is 1. The van der Waals surface area contributed by atoms with E-state index in [0.717, 1.165) is 0 Å². The minimum Gasteiger partial charge on any atom is -0.465 e. The average molecular weight is 299 g/mol. The van der Waals surface area contributed by atoms with E-state index in [4.69, 9.17) is 0 Å². The zero-order chi connectivity index (χ0) is 15.7. The number of halogens is 2. The summed E-state index contributed by atoms with van der Waals surface area (Å²) in [6.07, 6.45) is 0. The Kier molecular flexibility index (Phi) is 3.55. The normalized spacial score (nSPS) is 10.7. The van der Waals surface area contributed by atoms with Gasteiger partial charge in [0.2, 0.25) is 0 Å². The number of pyridine rings is 1. The summed E-state index contributed by atoms with van der Waals surface area (Å²) in [6, 6.07) is 12.3. The van der Waals surface area contributed by atoms with Crippen molar-refractivity contribution >= 4 is 16.9 Å². The molecule has 0 atom stereocenters. The Morgan fingerprint density at radius 1 is 1.05 bits per heavy atom. The van der Waals surface area contributed by atoms with E-state index in [9.17, 15) is 13.6 Å². The molecule has 0 bridgehead atoms. The van der Waals surface area contributed by atoms with E-state index >= 15 is 0 Å². The molecule has 0 N–H and O–H groups in total. The van der Waals surface area contributed by atoms with E-state index in [2.05, 4.69) is 9.72 Å². The molecule has 2 aromatic carbocycles. The Hall–Kier alpha value is -2.82. The van der Waals surface area contributed by atoms with Gasteiger partial charge in [-0.05, 0) is 24.3 Å². The highest BCUT2D eigenvalue weighted by Gasteiger charge is 2.17. The van der Waals surface area contributed by atoms with Crippen LogP contribution in [0.1, 0.15) is 10.4 Å². The van der Waals surface area contributed by atoms with Crippen LogP contribution in [0.25, 0.3) is 22.2 Å². The van der Waals surface area contributed by atoms with Gasteiger partial charge < -0.3 is 4.74 Å². The molecule has 5 heteroatoms. The van der Waals surface area contributed by atoms with Crippen molar-refractivity contribution in [2.24, 2.45) is 0 Å². The predicted octanol–water partition coefficient (Wildman–Crippen LogP) is 3.97. The van der Waals surface area contributed by atoms with Crippen LogP contribution in [0.2, 0.25) is 0 Å². The molecular weight excluding hydrogens is 288 g/mol. The predicted molar refractivity (Wildman–Crippen MR) is 78.4 cm³/mol. The molecule has 0 unspecified atom stereocenters. The summed E-state index contributed by atoms with van der Waals surface area (Å²) >= 11 is 0. The van der Waals surface area contributed by atoms with E-state index in [1.807, 2.05) is 0 Å². The Balaban J connectivity index is 2.22. The average Bonchev–Trinajstić information content (AvgIpc) is 2.55. The third kappa shape index (κ3) is 2.30. The van der Waals surface area contributed by atoms with Crippen molar-refractivity contribution in [1.82, 2.24) is 4.98 Å². The van der Waals surface area contributed by atoms with Crippen LogP contribution in [0.4, 0.5) is 8.78 Å². The first-order valence-corrected chi connectivity index (χ1v) is 6.54. The number of benzene rings is 2. The van der Waals surface area contributed by atoms with Crippen LogP contribution in [-0.2, 0) is 4.74 Å². The lowest BCUT2D eigenvalue weighted by Crippen LogP contribution is -2.05. The fraction of sp³-hybridized carbons (Fsp3) is 0.0588. The zero-order valence-electron chi connectivity index (χ0n) is 11.6. The third-order valence-corrected chi connectivity index (χ3v) is 3.36. The van der Waals surface area contributed by atoms with Crippen LogP contribution >= 0.6 is 0 Å². The highest BCUT2D eigenvalue weighted by Crippen LogP contribution is 2.26. The number of hydrogen-bond acceptors (Lipinski definition) is 3. The lowest BCUT2D eigenvalue weighted by molar-refractivity contribution is 0.0596. The molecule has 3 aromatic rings. The summed E-state index contributed by atoms with van der Waals surface area (Å²) in [7, 11) is 1.18. The molecule has 0 aliphatic rings. The highest BCUT2D eigenvalue weighted by molar-refractivity contribution is 5.95. The maximum atomic E-state index is 14.4. The van der Waals surface area contributed by atoms with Crippen LogP contribution in [0, 0.1) is 11.6 Å². The Morgan fingerprint density at radius 2 is 1.77 bits per heavy atom. The van der Waals surface area contributed by atoms with E-state index in [1.165, 1.54) is 19.2 Å². The van der Waals surface area contributed by atoms with Gasteiger partial charge in [0.05, 0.1) is 18.4 Å². The first-order chi connectivity index (χ1) is 10.6. The van der Waals surface area contributed by atoms with E-state index in [0.29, 0.717) is 11.1 Å². The van der Waals surface area contributed by atoms with Crippen molar-refractivity contribution in [3.63, 3.8) is 0 Å². The second-order valence-corrected chi connectivity index (χ2v) is 4.67. The van der Waals surface area contributed by atoms with Crippen molar-refractivity contribution in [2.45, 2.75) is 0 Å². The highest BCUT2D eigenvalue weighted by atomic mass is 19.1. The molecule has 0 fully saturated rings. The molecule has 3 nitrogen and oxygen atoms in total. The topological polar surface area (TPSA) is 39.2 Å². The molecule has 0 aliphatic carbocycles. The molecule has 0 aliphatic heterocycles. The van der Waals surface area contributed by atoms with Gasteiger partial charge in [-0.1, -0.05) is 24.3 Å². The van der Waals surface area contributed by atoms with E-state index in [1.54, 1.807) is 36.4 Å². The van der Waals surface area contributed by atoms with Gasteiger partial charge in [0.15, 0.2) is 5.82 Å². The molecule has 1 aromatic heterocycles. The fourth-order valence-electron chi connectivity index (χ4n) is 2.24. The van der Waals surface area contributed by atoms with Gasteiger partial charge in [-0.25, -0.2) is 18.6 Å². The van der Waals surface area contributed by atoms with Gasteiger partial charge in [-0.3, -0.25) is 0 Å². The fourth-order valence-corrected chi connectivity index (χ4v) is 2.24. The van der Waals surface area contributed by atoms with Crippen molar-refractivity contribution in [3.05, 3.63) is 65.7 Å². The van der Waals surface area contributed by atoms with Gasteiger partial charge >= 0.3 is 5.97 Å². The van der Waals surface area contributed by atoms with Gasteiger partial charge in [0.25, 0.3) is 0 Å². The SMILES string of the molecule is COC(=O)c1ccc2ccc(-c3ccccc3F)nc2c1F. The van der Waals surface area contributed by atoms with Gasteiger partial charge in [-0.2, -0.15) is 0 Å². The largest absolute Gasteiger partial charge is 0.465 e. The number of aromatic nitrogens is 1.